The van der Waals surface area contributed by atoms with Crippen LogP contribution in [0.4, 0.5) is 5.69 Å². The minimum atomic E-state index is -0.197. The molecule has 0 fully saturated rings. The molecule has 4 aromatic rings. The molecule has 0 saturated carbocycles. The number of methoxy groups -OCH3 is 2. The molecule has 1 aliphatic heterocycles. The molecule has 2 heterocycles. The topological polar surface area (TPSA) is 63.7 Å². The number of rotatable bonds is 9. The number of carbonyl (C=O) groups is 1. The number of benzene rings is 3. The van der Waals surface area contributed by atoms with Crippen LogP contribution in [0.15, 0.2) is 72.8 Å². The summed E-state index contributed by atoms with van der Waals surface area (Å²) in [6, 6.07) is 23.9. The van der Waals surface area contributed by atoms with Gasteiger partial charge in [-0.3, -0.25) is 9.69 Å². The highest BCUT2D eigenvalue weighted by atomic mass is 16.5. The van der Waals surface area contributed by atoms with E-state index in [-0.39, 0.29) is 5.91 Å². The molecule has 0 atom stereocenters. The van der Waals surface area contributed by atoms with Crippen LogP contribution < -0.4 is 14.8 Å². The summed E-state index contributed by atoms with van der Waals surface area (Å²) in [6.45, 7) is 3.11. The number of para-hydroxylation sites is 1. The van der Waals surface area contributed by atoms with Crippen LogP contribution in [-0.2, 0) is 19.4 Å². The number of amides is 1. The predicted molar refractivity (Wildman–Crippen MR) is 148 cm³/mol. The van der Waals surface area contributed by atoms with E-state index in [9.17, 15) is 4.79 Å². The Labute approximate surface area is 218 Å². The summed E-state index contributed by atoms with van der Waals surface area (Å²) >= 11 is 0. The number of hydrogen-bond acceptors (Lipinski definition) is 5. The number of nitrogens with zero attached hydrogens (tertiary/aromatic N) is 2. The molecule has 0 bridgehead atoms. The van der Waals surface area contributed by atoms with E-state index in [4.69, 9.17) is 9.47 Å². The van der Waals surface area contributed by atoms with E-state index in [0.29, 0.717) is 5.69 Å². The summed E-state index contributed by atoms with van der Waals surface area (Å²) in [7, 11) is 3.38. The summed E-state index contributed by atoms with van der Waals surface area (Å²) < 4.78 is 10.9. The van der Waals surface area contributed by atoms with Crippen molar-refractivity contribution in [2.75, 3.05) is 32.6 Å². The average molecular weight is 496 g/mol. The fourth-order valence-corrected chi connectivity index (χ4v) is 4.94. The molecule has 0 aliphatic carbocycles. The average Bonchev–Trinajstić information content (AvgIpc) is 2.95. The molecule has 1 N–H and O–H groups in total. The summed E-state index contributed by atoms with van der Waals surface area (Å²) in [6.07, 6.45) is 4.34. The first-order chi connectivity index (χ1) is 18.1. The first kappa shape index (κ1) is 24.8. The van der Waals surface area contributed by atoms with Crippen molar-refractivity contribution in [3.05, 3.63) is 95.2 Å². The van der Waals surface area contributed by atoms with Gasteiger partial charge in [0.05, 0.1) is 19.7 Å². The third-order valence-corrected chi connectivity index (χ3v) is 7.03. The number of carbonyl (C=O) groups excluding carboxylic acids is 1. The number of unbranched alkanes of at least 4 members (excludes halogenated alkanes) is 1. The lowest BCUT2D eigenvalue weighted by Crippen LogP contribution is -2.31. The summed E-state index contributed by atoms with van der Waals surface area (Å²) in [5, 5.41) is 3.98. The Morgan fingerprint density at radius 3 is 2.46 bits per heavy atom. The van der Waals surface area contributed by atoms with Crippen molar-refractivity contribution in [3.8, 4) is 11.5 Å². The van der Waals surface area contributed by atoms with Gasteiger partial charge in [0.25, 0.3) is 5.91 Å². The first-order valence-corrected chi connectivity index (χ1v) is 12.8. The van der Waals surface area contributed by atoms with E-state index in [1.807, 2.05) is 42.5 Å². The third-order valence-electron chi connectivity index (χ3n) is 7.03. The Morgan fingerprint density at radius 1 is 0.919 bits per heavy atom. The molecule has 1 aliphatic rings. The van der Waals surface area contributed by atoms with Crippen LogP contribution in [0, 0.1) is 0 Å². The zero-order valence-corrected chi connectivity index (χ0v) is 21.5. The number of anilines is 1. The van der Waals surface area contributed by atoms with Crippen LogP contribution in [0.3, 0.4) is 0 Å². The predicted octanol–water partition coefficient (Wildman–Crippen LogP) is 5.89. The lowest BCUT2D eigenvalue weighted by molar-refractivity contribution is 0.102. The van der Waals surface area contributed by atoms with Gasteiger partial charge in [0.15, 0.2) is 11.5 Å². The summed E-state index contributed by atoms with van der Waals surface area (Å²) in [5.74, 6) is 1.42. The van der Waals surface area contributed by atoms with E-state index in [1.165, 1.54) is 16.7 Å². The van der Waals surface area contributed by atoms with Crippen LogP contribution in [0.2, 0.25) is 0 Å². The van der Waals surface area contributed by atoms with E-state index in [1.54, 1.807) is 20.3 Å². The second kappa shape index (κ2) is 11.4. The lowest BCUT2D eigenvalue weighted by Gasteiger charge is -2.29. The smallest absolute Gasteiger partial charge is 0.274 e. The Bertz CT molecular complexity index is 1380. The molecule has 6 nitrogen and oxygen atoms in total. The third kappa shape index (κ3) is 5.92. The Morgan fingerprint density at radius 2 is 1.68 bits per heavy atom. The minimum Gasteiger partial charge on any atom is -0.493 e. The van der Waals surface area contributed by atoms with Gasteiger partial charge in [0.1, 0.15) is 5.69 Å². The van der Waals surface area contributed by atoms with Crippen molar-refractivity contribution in [1.82, 2.24) is 9.88 Å². The fraction of sp³-hybridized carbons (Fsp3) is 0.290. The van der Waals surface area contributed by atoms with Gasteiger partial charge >= 0.3 is 0 Å². The van der Waals surface area contributed by atoms with Gasteiger partial charge in [-0.05, 0) is 85.3 Å². The van der Waals surface area contributed by atoms with Gasteiger partial charge in [0, 0.05) is 24.2 Å². The molecule has 1 aromatic heterocycles. The second-order valence-electron chi connectivity index (χ2n) is 9.50. The summed E-state index contributed by atoms with van der Waals surface area (Å²) in [4.78, 5) is 19.7. The second-order valence-corrected chi connectivity index (χ2v) is 9.50. The molecular weight excluding hydrogens is 462 g/mol. The maximum absolute atomic E-state index is 12.7. The highest BCUT2D eigenvalue weighted by Gasteiger charge is 2.19. The van der Waals surface area contributed by atoms with Crippen molar-refractivity contribution in [3.63, 3.8) is 0 Å². The molecule has 0 spiro atoms. The fourth-order valence-electron chi connectivity index (χ4n) is 4.94. The number of aromatic nitrogens is 1. The van der Waals surface area contributed by atoms with Gasteiger partial charge in [-0.2, -0.15) is 0 Å². The molecule has 0 saturated heterocycles. The maximum Gasteiger partial charge on any atom is 0.274 e. The zero-order valence-electron chi connectivity index (χ0n) is 21.5. The van der Waals surface area contributed by atoms with E-state index < -0.39 is 0 Å². The Hall–Kier alpha value is -3.90. The zero-order chi connectivity index (χ0) is 25.6. The van der Waals surface area contributed by atoms with E-state index in [2.05, 4.69) is 39.5 Å². The Balaban J connectivity index is 1.08. The van der Waals surface area contributed by atoms with Crippen molar-refractivity contribution in [2.45, 2.75) is 32.2 Å². The standard InChI is InChI=1S/C31H33N3O3/c1-36-29-19-24-16-18-34(21-25(24)20-30(29)37-2)17-6-5-7-22-10-13-26(14-11-22)32-31(35)28-15-12-23-8-3-4-9-27(23)33-28/h3-4,8-15,19-20H,5-7,16-18,21H2,1-2H3,(H,32,35). The number of ether oxygens (including phenoxy) is 2. The quantitative estimate of drug-likeness (QED) is 0.294. The number of aryl methyl sites for hydroxylation is 1. The van der Waals surface area contributed by atoms with Gasteiger partial charge in [-0.1, -0.05) is 36.4 Å². The maximum atomic E-state index is 12.7. The van der Waals surface area contributed by atoms with Crippen molar-refractivity contribution < 1.29 is 14.3 Å². The van der Waals surface area contributed by atoms with E-state index >= 15 is 0 Å². The molecule has 6 heteroatoms. The molecule has 0 unspecified atom stereocenters. The molecule has 37 heavy (non-hydrogen) atoms. The van der Waals surface area contributed by atoms with Crippen molar-refractivity contribution in [2.24, 2.45) is 0 Å². The number of nitrogens with one attached hydrogen (secondary N) is 1. The molecule has 1 amide bonds. The SMILES string of the molecule is COc1cc2c(cc1OC)CN(CCCCc1ccc(NC(=O)c3ccc4ccccc4n3)cc1)CC2. The highest BCUT2D eigenvalue weighted by Crippen LogP contribution is 2.33. The number of pyridine rings is 1. The molecule has 0 radical (unpaired) electrons. The molecule has 5 rings (SSSR count). The van der Waals surface area contributed by atoms with Crippen LogP contribution >= 0.6 is 0 Å². The summed E-state index contributed by atoms with van der Waals surface area (Å²) in [5.41, 5.74) is 5.99. The van der Waals surface area contributed by atoms with Crippen LogP contribution in [0.25, 0.3) is 10.9 Å². The van der Waals surface area contributed by atoms with Crippen molar-refractivity contribution >= 4 is 22.5 Å². The Kier molecular flexibility index (Phi) is 7.66. The van der Waals surface area contributed by atoms with Crippen LogP contribution in [-0.4, -0.2) is 43.1 Å². The first-order valence-electron chi connectivity index (χ1n) is 12.8. The van der Waals surface area contributed by atoms with Gasteiger partial charge < -0.3 is 14.8 Å². The van der Waals surface area contributed by atoms with Crippen LogP contribution in [0.5, 0.6) is 11.5 Å². The number of fused-ring (bicyclic) bond motifs is 2. The van der Waals surface area contributed by atoms with Gasteiger partial charge in [-0.25, -0.2) is 4.98 Å². The normalized spacial score (nSPS) is 13.2. The number of hydrogen-bond donors (Lipinski definition) is 1. The van der Waals surface area contributed by atoms with Gasteiger partial charge in [-0.15, -0.1) is 0 Å². The monoisotopic (exact) mass is 495 g/mol. The lowest BCUT2D eigenvalue weighted by atomic mass is 9.98. The van der Waals surface area contributed by atoms with Crippen molar-refractivity contribution in [1.29, 1.82) is 0 Å². The van der Waals surface area contributed by atoms with E-state index in [0.717, 1.165) is 73.4 Å². The highest BCUT2D eigenvalue weighted by molar-refractivity contribution is 6.04. The molecule has 190 valence electrons. The molecule has 3 aromatic carbocycles. The van der Waals surface area contributed by atoms with Gasteiger partial charge in [0.2, 0.25) is 0 Å². The van der Waals surface area contributed by atoms with Crippen LogP contribution in [0.1, 0.15) is 40.0 Å². The molecular formula is C31H33N3O3. The largest absolute Gasteiger partial charge is 0.493 e. The minimum absolute atomic E-state index is 0.197.